The molecule has 0 bridgehead atoms. The van der Waals surface area contributed by atoms with Crippen molar-refractivity contribution in [2.45, 2.75) is 19.6 Å². The van der Waals surface area contributed by atoms with Crippen molar-refractivity contribution >= 4 is 33.4 Å². The third-order valence-electron chi connectivity index (χ3n) is 2.85. The molecule has 2 nitrogen and oxygen atoms in total. The van der Waals surface area contributed by atoms with Crippen LogP contribution in [0.4, 0.5) is 5.69 Å². The van der Waals surface area contributed by atoms with Gasteiger partial charge in [0, 0.05) is 28.2 Å². The van der Waals surface area contributed by atoms with Crippen LogP contribution in [-0.4, -0.2) is 30.3 Å². The number of hydrogen-bond acceptors (Lipinski definition) is 3. The molecule has 0 atom stereocenters. The summed E-state index contributed by atoms with van der Waals surface area (Å²) in [5, 5.41) is 0. The van der Waals surface area contributed by atoms with Crippen LogP contribution in [0.5, 0.6) is 0 Å². The van der Waals surface area contributed by atoms with Gasteiger partial charge in [-0.05, 0) is 30.8 Å². The van der Waals surface area contributed by atoms with Crippen molar-refractivity contribution in [2.24, 2.45) is 0 Å². The fourth-order valence-corrected chi connectivity index (χ4v) is 3.40. The van der Waals surface area contributed by atoms with Gasteiger partial charge in [0.05, 0.1) is 0 Å². The van der Waals surface area contributed by atoms with E-state index in [2.05, 4.69) is 40.7 Å². The van der Waals surface area contributed by atoms with Gasteiger partial charge in [0.1, 0.15) is 0 Å². The van der Waals surface area contributed by atoms with Gasteiger partial charge in [-0.1, -0.05) is 35.8 Å². The smallest absolute Gasteiger partial charge is 0.0366 e. The van der Waals surface area contributed by atoms with Gasteiger partial charge in [-0.15, -0.1) is 0 Å². The van der Waals surface area contributed by atoms with Crippen molar-refractivity contribution < 1.29 is 0 Å². The van der Waals surface area contributed by atoms with Gasteiger partial charge >= 0.3 is 0 Å². The topological polar surface area (TPSA) is 29.3 Å². The number of nitrogens with zero attached hydrogens (tertiary/aromatic N) is 1. The fraction of sp³-hybridized carbons (Fsp3) is 0.538. The van der Waals surface area contributed by atoms with Crippen LogP contribution in [0.1, 0.15) is 19.4 Å². The zero-order valence-electron chi connectivity index (χ0n) is 10.6. The minimum atomic E-state index is 0.884. The molecule has 0 spiro atoms. The highest BCUT2D eigenvalue weighted by Gasteiger charge is 2.04. The number of anilines is 1. The van der Waals surface area contributed by atoms with E-state index in [4.69, 9.17) is 5.73 Å². The Morgan fingerprint density at radius 3 is 2.59 bits per heavy atom. The third-order valence-corrected chi connectivity index (χ3v) is 4.55. The van der Waals surface area contributed by atoms with Gasteiger partial charge in [-0.3, -0.25) is 0 Å². The standard InChI is InChI=1S/C13H21BrN2S/c1-3-16(4-2)8-9-17-10-11-12(14)6-5-7-13(11)15/h5-7H,3-4,8-10,15H2,1-2H3. The number of hydrogen-bond donors (Lipinski definition) is 1. The molecule has 2 N–H and O–H groups in total. The van der Waals surface area contributed by atoms with Crippen molar-refractivity contribution in [1.82, 2.24) is 4.90 Å². The minimum Gasteiger partial charge on any atom is -0.398 e. The van der Waals surface area contributed by atoms with Crippen LogP contribution in [-0.2, 0) is 5.75 Å². The first-order valence-electron chi connectivity index (χ1n) is 6.02. The highest BCUT2D eigenvalue weighted by molar-refractivity contribution is 9.10. The lowest BCUT2D eigenvalue weighted by atomic mass is 10.2. The second-order valence-corrected chi connectivity index (χ2v) is 5.85. The van der Waals surface area contributed by atoms with Crippen LogP contribution >= 0.6 is 27.7 Å². The van der Waals surface area contributed by atoms with Crippen LogP contribution in [0.2, 0.25) is 0 Å². The SMILES string of the molecule is CCN(CC)CCSCc1c(N)cccc1Br. The quantitative estimate of drug-likeness (QED) is 0.615. The van der Waals surface area contributed by atoms with E-state index in [1.54, 1.807) is 0 Å². The number of nitrogens with two attached hydrogens (primary N) is 1. The molecule has 1 aromatic rings. The summed E-state index contributed by atoms with van der Waals surface area (Å²) in [5.74, 6) is 2.14. The zero-order chi connectivity index (χ0) is 12.7. The summed E-state index contributed by atoms with van der Waals surface area (Å²) in [6, 6.07) is 5.99. The molecule has 0 amide bonds. The Bertz CT molecular complexity index is 320. The minimum absolute atomic E-state index is 0.884. The van der Waals surface area contributed by atoms with E-state index in [0.717, 1.165) is 41.3 Å². The molecule has 0 radical (unpaired) electrons. The van der Waals surface area contributed by atoms with Crippen LogP contribution in [0.15, 0.2) is 22.7 Å². The monoisotopic (exact) mass is 316 g/mol. The molecule has 0 saturated carbocycles. The predicted molar refractivity (Wildman–Crippen MR) is 82.5 cm³/mol. The predicted octanol–water partition coefficient (Wildman–Crippen LogP) is 3.61. The highest BCUT2D eigenvalue weighted by atomic mass is 79.9. The maximum atomic E-state index is 5.96. The summed E-state index contributed by atoms with van der Waals surface area (Å²) in [7, 11) is 0. The summed E-state index contributed by atoms with van der Waals surface area (Å²) in [5.41, 5.74) is 8.07. The van der Waals surface area contributed by atoms with E-state index < -0.39 is 0 Å². The molecule has 17 heavy (non-hydrogen) atoms. The Morgan fingerprint density at radius 2 is 2.00 bits per heavy atom. The summed E-state index contributed by atoms with van der Waals surface area (Å²) in [6.45, 7) is 7.84. The Morgan fingerprint density at radius 1 is 1.29 bits per heavy atom. The van der Waals surface area contributed by atoms with Gasteiger partial charge in [-0.25, -0.2) is 0 Å². The van der Waals surface area contributed by atoms with E-state index in [-0.39, 0.29) is 0 Å². The number of halogens is 1. The molecule has 0 aliphatic rings. The van der Waals surface area contributed by atoms with E-state index in [9.17, 15) is 0 Å². The van der Waals surface area contributed by atoms with Crippen LogP contribution < -0.4 is 5.73 Å². The summed E-state index contributed by atoms with van der Waals surface area (Å²) < 4.78 is 1.12. The molecule has 0 unspecified atom stereocenters. The molecular weight excluding hydrogens is 296 g/mol. The van der Waals surface area contributed by atoms with Gasteiger partial charge in [0.2, 0.25) is 0 Å². The lowest BCUT2D eigenvalue weighted by molar-refractivity contribution is 0.324. The molecule has 0 fully saturated rings. The zero-order valence-corrected chi connectivity index (χ0v) is 13.0. The van der Waals surface area contributed by atoms with E-state index in [0.29, 0.717) is 0 Å². The molecule has 0 aliphatic carbocycles. The summed E-state index contributed by atoms with van der Waals surface area (Å²) in [6.07, 6.45) is 0. The summed E-state index contributed by atoms with van der Waals surface area (Å²) >= 11 is 5.49. The molecule has 0 saturated heterocycles. The van der Waals surface area contributed by atoms with Crippen LogP contribution in [0, 0.1) is 0 Å². The fourth-order valence-electron chi connectivity index (χ4n) is 1.64. The number of benzene rings is 1. The van der Waals surface area contributed by atoms with E-state index in [1.807, 2.05) is 23.9 Å². The average molecular weight is 317 g/mol. The molecular formula is C13H21BrN2S. The lowest BCUT2D eigenvalue weighted by Gasteiger charge is -2.17. The van der Waals surface area contributed by atoms with Crippen molar-refractivity contribution in [3.8, 4) is 0 Å². The van der Waals surface area contributed by atoms with Gasteiger partial charge in [0.25, 0.3) is 0 Å². The molecule has 4 heteroatoms. The second-order valence-electron chi connectivity index (χ2n) is 3.89. The first-order valence-corrected chi connectivity index (χ1v) is 7.96. The molecule has 96 valence electrons. The normalized spacial score (nSPS) is 11.1. The highest BCUT2D eigenvalue weighted by Crippen LogP contribution is 2.26. The lowest BCUT2D eigenvalue weighted by Crippen LogP contribution is -2.25. The van der Waals surface area contributed by atoms with Crippen LogP contribution in [0.25, 0.3) is 0 Å². The Kier molecular flexibility index (Phi) is 7.00. The average Bonchev–Trinajstić information content (AvgIpc) is 2.32. The Balaban J connectivity index is 2.36. The maximum Gasteiger partial charge on any atom is 0.0366 e. The maximum absolute atomic E-state index is 5.96. The molecule has 1 aromatic carbocycles. The largest absolute Gasteiger partial charge is 0.398 e. The molecule has 1 rings (SSSR count). The first-order chi connectivity index (χ1) is 8.19. The van der Waals surface area contributed by atoms with Gasteiger partial charge in [-0.2, -0.15) is 11.8 Å². The molecule has 0 aromatic heterocycles. The van der Waals surface area contributed by atoms with Gasteiger partial charge < -0.3 is 10.6 Å². The van der Waals surface area contributed by atoms with E-state index in [1.165, 1.54) is 5.56 Å². The van der Waals surface area contributed by atoms with Crippen molar-refractivity contribution in [3.05, 3.63) is 28.2 Å². The van der Waals surface area contributed by atoms with Crippen molar-refractivity contribution in [1.29, 1.82) is 0 Å². The van der Waals surface area contributed by atoms with Crippen molar-refractivity contribution in [2.75, 3.05) is 31.1 Å². The second kappa shape index (κ2) is 8.01. The van der Waals surface area contributed by atoms with E-state index >= 15 is 0 Å². The Labute approximate surface area is 117 Å². The Hall–Kier alpha value is -0.190. The number of thioether (sulfide) groups is 1. The third kappa shape index (κ3) is 4.90. The van der Waals surface area contributed by atoms with Crippen molar-refractivity contribution in [3.63, 3.8) is 0 Å². The van der Waals surface area contributed by atoms with Gasteiger partial charge in [0.15, 0.2) is 0 Å². The summed E-state index contributed by atoms with van der Waals surface area (Å²) in [4.78, 5) is 2.44. The molecule has 0 heterocycles. The first kappa shape index (κ1) is 14.9. The van der Waals surface area contributed by atoms with Crippen LogP contribution in [0.3, 0.4) is 0 Å². The number of nitrogen functional groups attached to an aromatic ring is 1. The molecule has 0 aliphatic heterocycles. The number of rotatable bonds is 7.